The molecule has 12 aromatic heterocycles. The van der Waals surface area contributed by atoms with Crippen LogP contribution >= 0.6 is 0 Å². The van der Waals surface area contributed by atoms with Gasteiger partial charge >= 0.3 is 0 Å². The van der Waals surface area contributed by atoms with Gasteiger partial charge in [-0.1, -0.05) is 125 Å². The second-order valence-corrected chi connectivity index (χ2v) is 32.4. The van der Waals surface area contributed by atoms with E-state index in [-0.39, 0.29) is 23.6 Å². The SMILES string of the molecule is Cc1ccc(-c2nn(C(C)(C)CNC(=O)c3ccc(C)cn3)c3ncnc(N)c23)cc1.Cc1ccc(-c2nn(C(C)(C)CNC(=O)c3ccnc(C)c3)c3ncnc(N)c23)cc1.Cc1ccc(-c2nn(C(C)(C)CNC(=O)c3ccnc(C)n3)c3ncnc(N)c23)cc1.Cc1ccc(-c2nn(C(C)(C)CNC(=O)c3ccncc3)c3ncnc(N)c23)cc1. The summed E-state index contributed by atoms with van der Waals surface area (Å²) >= 11 is 0. The summed E-state index contributed by atoms with van der Waals surface area (Å²) in [6.45, 7) is 30.9. The van der Waals surface area contributed by atoms with Gasteiger partial charge in [-0.05, 0) is 146 Å². The summed E-state index contributed by atoms with van der Waals surface area (Å²) in [5, 5.41) is 34.1. The third-order valence-corrected chi connectivity index (χ3v) is 20.5. The molecule has 0 aliphatic heterocycles. The lowest BCUT2D eigenvalue weighted by molar-refractivity contribution is 0.0924. The highest BCUT2D eigenvalue weighted by Crippen LogP contribution is 2.38. The maximum absolute atomic E-state index is 12.6. The fraction of sp³-hybridized carbons (Fsp3) is 0.256. The Morgan fingerprint density at radius 1 is 0.317 bits per heavy atom. The topological polar surface area (TPSA) is 459 Å². The van der Waals surface area contributed by atoms with E-state index in [1.807, 2.05) is 209 Å². The summed E-state index contributed by atoms with van der Waals surface area (Å²) in [7, 11) is 0. The maximum Gasteiger partial charge on any atom is 0.270 e. The molecule has 0 spiro atoms. The number of amides is 4. The van der Waals surface area contributed by atoms with Crippen LogP contribution in [0.4, 0.5) is 23.3 Å². The molecule has 16 aromatic rings. The Balaban J connectivity index is 0.000000141. The molecule has 33 heteroatoms. The Kier molecular flexibility index (Phi) is 24.8. The fourth-order valence-corrected chi connectivity index (χ4v) is 13.5. The minimum atomic E-state index is -0.597. The first-order valence-electron chi connectivity index (χ1n) is 39.6. The number of carbonyl (C=O) groups is 4. The summed E-state index contributed by atoms with van der Waals surface area (Å²) in [5.41, 5.74) is 39.8. The van der Waals surface area contributed by atoms with Gasteiger partial charge in [-0.15, -0.1) is 0 Å². The molecule has 4 amide bonds. The van der Waals surface area contributed by atoms with E-state index in [0.717, 1.165) is 67.2 Å². The molecule has 626 valence electrons. The molecule has 0 atom stereocenters. The summed E-state index contributed by atoms with van der Waals surface area (Å²) < 4.78 is 7.22. The van der Waals surface area contributed by atoms with Crippen LogP contribution in [0.15, 0.2) is 196 Å². The lowest BCUT2D eigenvalue weighted by Crippen LogP contribution is -2.41. The van der Waals surface area contributed by atoms with Crippen LogP contribution in [0.5, 0.6) is 0 Å². The normalized spacial score (nSPS) is 11.6. The minimum Gasteiger partial charge on any atom is -0.383 e. The minimum absolute atomic E-state index is 0.164. The number of rotatable bonds is 20. The molecular weight excluding hydrogens is 1550 g/mol. The summed E-state index contributed by atoms with van der Waals surface area (Å²) in [6, 6.07) is 44.2. The van der Waals surface area contributed by atoms with Crippen molar-refractivity contribution in [2.75, 3.05) is 49.1 Å². The van der Waals surface area contributed by atoms with E-state index in [0.29, 0.717) is 133 Å². The lowest BCUT2D eigenvalue weighted by Gasteiger charge is -2.26. The number of anilines is 4. The van der Waals surface area contributed by atoms with Gasteiger partial charge in [-0.3, -0.25) is 34.1 Å². The van der Waals surface area contributed by atoms with E-state index >= 15 is 0 Å². The number of fused-ring (bicyclic) bond motifs is 4. The number of nitrogens with zero attached hydrogens (tertiary/aromatic N) is 21. The molecule has 0 aliphatic carbocycles. The van der Waals surface area contributed by atoms with Crippen LogP contribution in [-0.4, -0.2) is 154 Å². The van der Waals surface area contributed by atoms with Gasteiger partial charge in [0, 0.05) is 96.2 Å². The van der Waals surface area contributed by atoms with Gasteiger partial charge in [0.1, 0.15) is 88.6 Å². The van der Waals surface area contributed by atoms with Crippen molar-refractivity contribution >= 4 is 91.0 Å². The van der Waals surface area contributed by atoms with Gasteiger partial charge in [0.25, 0.3) is 23.6 Å². The Bertz CT molecular complexity index is 6340. The van der Waals surface area contributed by atoms with Gasteiger partial charge in [0.05, 0.1) is 43.7 Å². The van der Waals surface area contributed by atoms with E-state index < -0.39 is 22.2 Å². The van der Waals surface area contributed by atoms with Crippen LogP contribution in [0.1, 0.15) is 136 Å². The van der Waals surface area contributed by atoms with Crippen molar-refractivity contribution in [2.45, 2.75) is 126 Å². The number of nitrogens with two attached hydrogens (primary N) is 4. The Morgan fingerprint density at radius 2 is 0.618 bits per heavy atom. The zero-order valence-electron chi connectivity index (χ0n) is 71.1. The quantitative estimate of drug-likeness (QED) is 0.0351. The van der Waals surface area contributed by atoms with E-state index in [9.17, 15) is 19.2 Å². The average molecular weight is 1650 g/mol. The highest BCUT2D eigenvalue weighted by Gasteiger charge is 2.34. The number of benzene rings is 4. The zero-order valence-corrected chi connectivity index (χ0v) is 71.1. The number of pyridine rings is 3. The Labute approximate surface area is 709 Å². The van der Waals surface area contributed by atoms with E-state index in [1.165, 1.54) is 25.3 Å². The zero-order chi connectivity index (χ0) is 87.8. The van der Waals surface area contributed by atoms with Gasteiger partial charge in [-0.25, -0.2) is 68.6 Å². The van der Waals surface area contributed by atoms with Gasteiger partial charge < -0.3 is 44.2 Å². The largest absolute Gasteiger partial charge is 0.383 e. The number of nitrogen functional groups attached to an aromatic ring is 4. The molecule has 0 aliphatic rings. The molecule has 0 saturated carbocycles. The molecule has 123 heavy (non-hydrogen) atoms. The van der Waals surface area contributed by atoms with Crippen molar-refractivity contribution in [3.8, 4) is 45.0 Å². The van der Waals surface area contributed by atoms with Crippen LogP contribution < -0.4 is 44.2 Å². The molecule has 0 saturated heterocycles. The molecule has 0 radical (unpaired) electrons. The van der Waals surface area contributed by atoms with Gasteiger partial charge in [-0.2, -0.15) is 20.4 Å². The molecule has 0 fully saturated rings. The lowest BCUT2D eigenvalue weighted by atomic mass is 10.1. The fourth-order valence-electron chi connectivity index (χ4n) is 13.5. The number of hydrogen-bond acceptors (Lipinski definition) is 25. The third kappa shape index (κ3) is 19.2. The smallest absolute Gasteiger partial charge is 0.270 e. The van der Waals surface area contributed by atoms with Crippen LogP contribution in [-0.2, 0) is 22.2 Å². The molecule has 0 bridgehead atoms. The molecule has 16 rings (SSSR count). The van der Waals surface area contributed by atoms with Crippen molar-refractivity contribution in [3.63, 3.8) is 0 Å². The van der Waals surface area contributed by atoms with Crippen molar-refractivity contribution < 1.29 is 19.2 Å². The number of aromatic nitrogens is 21. The van der Waals surface area contributed by atoms with Crippen molar-refractivity contribution in [3.05, 3.63) is 258 Å². The summed E-state index contributed by atoms with van der Waals surface area (Å²) in [5.74, 6) is 1.18. The summed E-state index contributed by atoms with van der Waals surface area (Å²) in [4.78, 5) is 105. The van der Waals surface area contributed by atoms with Crippen molar-refractivity contribution in [1.82, 2.24) is 125 Å². The van der Waals surface area contributed by atoms with Crippen LogP contribution in [0.2, 0.25) is 0 Å². The Hall–Kier alpha value is -15.3. The predicted octanol–water partition coefficient (Wildman–Crippen LogP) is 12.1. The number of aryl methyl sites for hydroxylation is 7. The molecule has 4 aromatic carbocycles. The monoisotopic (exact) mass is 1650 g/mol. The van der Waals surface area contributed by atoms with Gasteiger partial charge in [0.15, 0.2) is 22.6 Å². The van der Waals surface area contributed by atoms with E-state index in [4.69, 9.17) is 43.3 Å². The van der Waals surface area contributed by atoms with Gasteiger partial charge in [0.2, 0.25) is 0 Å². The second-order valence-electron chi connectivity index (χ2n) is 32.4. The second kappa shape index (κ2) is 35.7. The van der Waals surface area contributed by atoms with Crippen LogP contribution in [0.3, 0.4) is 0 Å². The number of carbonyl (C=O) groups excluding carboxylic acids is 4. The van der Waals surface area contributed by atoms with E-state index in [2.05, 4.69) is 86.1 Å². The standard InChI is InChI=1S/2C23H25N7O.C22H24N8O.C22H23N7O/c1-14-5-8-16(9-6-14)19-18-20(24)27-13-28-21(18)30(29-19)23(3,4)12-26-22(31)17-10-7-15(2)11-25-17;1-14-5-7-16(8-6-14)19-18-20(24)27-13-28-21(18)30(29-19)23(3,4)12-26-22(31)17-9-10-25-15(2)11-17;1-13-5-7-15(8-6-13)18-17-19(23)26-12-27-20(17)30(29-18)22(3,4)11-25-21(31)16-9-10-24-14(2)28-16;1-14-4-6-15(7-5-14)18-17-19(23)26-13-27-20(17)29(28-18)22(2,3)12-25-21(30)16-8-10-24-11-9-16/h2*5-11,13H,12H2,1-4H3,(H,26,31)(H2,24,27,28);5-10,12H,11H2,1-4H3,(H,25,31)(H2,23,26,27);4-11,13H,12H2,1-3H3,(H,25,30)(H2,23,26,27). The first-order chi connectivity index (χ1) is 58.6. The van der Waals surface area contributed by atoms with E-state index in [1.54, 1.807) is 83.7 Å². The Morgan fingerprint density at radius 3 is 0.935 bits per heavy atom. The van der Waals surface area contributed by atoms with Crippen molar-refractivity contribution in [1.29, 1.82) is 0 Å². The first kappa shape index (κ1) is 85.6. The molecule has 12 heterocycles. The maximum atomic E-state index is 12.6. The molecule has 33 nitrogen and oxygen atoms in total. The van der Waals surface area contributed by atoms with Crippen molar-refractivity contribution in [2.24, 2.45) is 0 Å². The predicted molar refractivity (Wildman–Crippen MR) is 475 cm³/mol. The summed E-state index contributed by atoms with van der Waals surface area (Å²) in [6.07, 6.45) is 13.8. The highest BCUT2D eigenvalue weighted by atomic mass is 16.2. The number of nitrogens with one attached hydrogen (secondary N) is 4. The third-order valence-electron chi connectivity index (χ3n) is 20.5. The molecule has 12 N–H and O–H groups in total. The molecular formula is C90H97N29O4. The first-order valence-corrected chi connectivity index (χ1v) is 39.6. The molecule has 0 unspecified atom stereocenters. The highest BCUT2D eigenvalue weighted by molar-refractivity contribution is 6.02. The van der Waals surface area contributed by atoms with Crippen LogP contribution in [0.25, 0.3) is 89.2 Å². The average Bonchev–Trinajstić information content (AvgIpc) is 1.62. The number of hydrogen-bond donors (Lipinski definition) is 8. The van der Waals surface area contributed by atoms with Crippen LogP contribution in [0, 0.1) is 48.5 Å².